The number of allylic oxidation sites excluding steroid dienone is 2. The summed E-state index contributed by atoms with van der Waals surface area (Å²) in [5.41, 5.74) is 12.3. The highest BCUT2D eigenvalue weighted by atomic mass is 19.2. The number of aryl methyl sites for hydroxylation is 2. The van der Waals surface area contributed by atoms with Crippen molar-refractivity contribution in [3.63, 3.8) is 0 Å². The van der Waals surface area contributed by atoms with E-state index in [1.165, 1.54) is 8.96 Å². The Bertz CT molecular complexity index is 1030. The Balaban J connectivity index is 0.000000706. The molecule has 0 aliphatic carbocycles. The maximum atomic E-state index is 15.4. The fraction of sp³-hybridized carbons (Fsp3) is 0.286. The van der Waals surface area contributed by atoms with Gasteiger partial charge in [0.15, 0.2) is 5.70 Å². The van der Waals surface area contributed by atoms with Crippen molar-refractivity contribution in [2.45, 2.75) is 34.6 Å². The largest absolute Gasteiger partial charge is 0.737 e. The van der Waals surface area contributed by atoms with E-state index in [0.717, 1.165) is 22.3 Å². The maximum absolute atomic E-state index is 15.4. The Morgan fingerprint density at radius 2 is 1.68 bits per heavy atom. The van der Waals surface area contributed by atoms with Crippen LogP contribution in [-0.2, 0) is 0 Å². The Hall–Kier alpha value is -2.67. The normalized spacial score (nSPS) is 17.1. The molecule has 0 amide bonds. The van der Waals surface area contributed by atoms with E-state index < -0.39 is 6.97 Å². The maximum Gasteiger partial charge on any atom is 0.737 e. The number of anilines is 1. The molecule has 7 heteroatoms. The summed E-state index contributed by atoms with van der Waals surface area (Å²) in [6.07, 6.45) is 1.83. The Morgan fingerprint density at radius 3 is 2.25 bits per heavy atom. The van der Waals surface area contributed by atoms with Gasteiger partial charge in [0.05, 0.1) is 5.57 Å². The summed E-state index contributed by atoms with van der Waals surface area (Å²) in [5, 5.41) is 7.57. The lowest BCUT2D eigenvalue weighted by atomic mass is 9.84. The number of benzene rings is 1. The number of nitrogens with zero attached hydrogens (tertiary/aromatic N) is 2. The zero-order valence-corrected chi connectivity index (χ0v) is 16.9. The minimum absolute atomic E-state index is 0.250. The zero-order valence-electron chi connectivity index (χ0n) is 16.9. The third kappa shape index (κ3) is 2.90. The highest BCUT2D eigenvalue weighted by molar-refractivity contribution is 6.58. The second-order valence-electron chi connectivity index (χ2n) is 7.28. The average molecular weight is 385 g/mol. The molecule has 3 heterocycles. The van der Waals surface area contributed by atoms with E-state index in [9.17, 15) is 0 Å². The van der Waals surface area contributed by atoms with Crippen molar-refractivity contribution in [1.82, 2.24) is 4.48 Å². The molecule has 0 saturated carbocycles. The summed E-state index contributed by atoms with van der Waals surface area (Å²) in [4.78, 5) is 0. The first-order chi connectivity index (χ1) is 13.1. The lowest BCUT2D eigenvalue weighted by molar-refractivity contribution is -0.363. The number of hydrogen-bond donors (Lipinski definition) is 2. The third-order valence-corrected chi connectivity index (χ3v) is 5.13. The highest BCUT2D eigenvalue weighted by Gasteiger charge is 2.55. The molecule has 1 aromatic heterocycles. The van der Waals surface area contributed by atoms with Gasteiger partial charge in [0.25, 0.3) is 0 Å². The van der Waals surface area contributed by atoms with Gasteiger partial charge < -0.3 is 28.4 Å². The first kappa shape index (κ1) is 20.1. The van der Waals surface area contributed by atoms with Crippen molar-refractivity contribution >= 4 is 23.9 Å². The van der Waals surface area contributed by atoms with Gasteiger partial charge in [0, 0.05) is 36.6 Å². The molecule has 3 N–H and O–H groups in total. The lowest BCUT2D eigenvalue weighted by Crippen LogP contribution is -2.51. The van der Waals surface area contributed by atoms with Crippen LogP contribution >= 0.6 is 0 Å². The van der Waals surface area contributed by atoms with Crippen LogP contribution in [-0.4, -0.2) is 33.4 Å². The summed E-state index contributed by atoms with van der Waals surface area (Å²) in [6.45, 7) is 5.27. The summed E-state index contributed by atoms with van der Waals surface area (Å²) >= 11 is 0. The molecule has 0 unspecified atom stereocenters. The molecule has 0 saturated heterocycles. The summed E-state index contributed by atoms with van der Waals surface area (Å²) in [6, 6.07) is 9.26. The second kappa shape index (κ2) is 7.06. The number of aromatic nitrogens is 1. The number of nitrogen functional groups attached to an aromatic ring is 1. The molecule has 0 atom stereocenters. The molecule has 28 heavy (non-hydrogen) atoms. The van der Waals surface area contributed by atoms with Gasteiger partial charge in [-0.05, 0) is 62.7 Å². The monoisotopic (exact) mass is 385 g/mol. The van der Waals surface area contributed by atoms with Crippen molar-refractivity contribution in [3.8, 4) is 0 Å². The fourth-order valence-electron chi connectivity index (χ4n) is 4.22. The van der Waals surface area contributed by atoms with Gasteiger partial charge in [-0.15, -0.1) is 0 Å². The molecule has 2 aliphatic heterocycles. The molecule has 4 nitrogen and oxygen atoms in total. The minimum atomic E-state index is -3.92. The molecule has 0 spiro atoms. The molecular weight excluding hydrogens is 359 g/mol. The van der Waals surface area contributed by atoms with Crippen molar-refractivity contribution in [2.24, 2.45) is 0 Å². The van der Waals surface area contributed by atoms with Gasteiger partial charge in [0.2, 0.25) is 0 Å². The standard InChI is InChI=1S/C19H20BF2N3.C2H6O/c1-11-9-13(3)24-18(11)17(15-5-7-16(23)8-6-15)19-12(2)10-14(4)25(19)20(24,21)22;1-2-3/h5-10H,23H2,1-4H3;3H,2H2,1H3. The highest BCUT2D eigenvalue weighted by Crippen LogP contribution is 2.44. The smallest absolute Gasteiger partial charge is 0.399 e. The van der Waals surface area contributed by atoms with Gasteiger partial charge in [-0.3, -0.25) is 0 Å². The number of nitrogens with two attached hydrogens (primary N) is 1. The van der Waals surface area contributed by atoms with E-state index in [1.807, 2.05) is 50.3 Å². The van der Waals surface area contributed by atoms with E-state index in [0.29, 0.717) is 28.5 Å². The molecule has 2 aliphatic rings. The quantitative estimate of drug-likeness (QED) is 0.573. The van der Waals surface area contributed by atoms with Gasteiger partial charge >= 0.3 is 6.97 Å². The lowest BCUT2D eigenvalue weighted by Gasteiger charge is -2.34. The van der Waals surface area contributed by atoms with Crippen LogP contribution in [0.25, 0.3) is 5.57 Å². The number of aliphatic hydroxyl groups excluding tert-OH is 1. The SMILES string of the molecule is CC1=CC(C)=[N+]2C1=C(c1ccc(N)cc1)c1c(C)cc(C)n1[B-]2(F)F.CCO. The first-order valence-corrected chi connectivity index (χ1v) is 9.39. The van der Waals surface area contributed by atoms with Crippen molar-refractivity contribution in [2.75, 3.05) is 12.3 Å². The number of halogens is 2. The Kier molecular flexibility index (Phi) is 5.06. The number of aliphatic hydroxyl groups is 1. The van der Waals surface area contributed by atoms with Gasteiger partial charge in [-0.25, -0.2) is 0 Å². The molecule has 148 valence electrons. The van der Waals surface area contributed by atoms with E-state index in [4.69, 9.17) is 10.8 Å². The molecule has 2 aromatic rings. The number of hydrogen-bond acceptors (Lipinski definition) is 2. The molecule has 0 radical (unpaired) electrons. The van der Waals surface area contributed by atoms with E-state index in [2.05, 4.69) is 0 Å². The van der Waals surface area contributed by atoms with Crippen LogP contribution in [0, 0.1) is 13.8 Å². The van der Waals surface area contributed by atoms with E-state index >= 15 is 8.63 Å². The van der Waals surface area contributed by atoms with Gasteiger partial charge in [-0.1, -0.05) is 12.1 Å². The Labute approximate surface area is 164 Å². The third-order valence-electron chi connectivity index (χ3n) is 5.13. The predicted molar refractivity (Wildman–Crippen MR) is 112 cm³/mol. The topological polar surface area (TPSA) is 54.2 Å². The summed E-state index contributed by atoms with van der Waals surface area (Å²) < 4.78 is 33.3. The fourth-order valence-corrected chi connectivity index (χ4v) is 4.22. The summed E-state index contributed by atoms with van der Waals surface area (Å²) in [5.74, 6) is 0. The van der Waals surface area contributed by atoms with Crippen molar-refractivity contribution in [3.05, 3.63) is 70.2 Å². The summed E-state index contributed by atoms with van der Waals surface area (Å²) in [7, 11) is 0. The van der Waals surface area contributed by atoms with E-state index in [1.54, 1.807) is 20.8 Å². The number of rotatable bonds is 1. The van der Waals surface area contributed by atoms with Crippen molar-refractivity contribution < 1.29 is 18.2 Å². The van der Waals surface area contributed by atoms with Crippen LogP contribution in [0.1, 0.15) is 43.3 Å². The van der Waals surface area contributed by atoms with Crippen LogP contribution in [0.2, 0.25) is 0 Å². The van der Waals surface area contributed by atoms with Crippen LogP contribution in [0.3, 0.4) is 0 Å². The Morgan fingerprint density at radius 1 is 1.11 bits per heavy atom. The van der Waals surface area contributed by atoms with Crippen molar-refractivity contribution in [1.29, 1.82) is 0 Å². The number of fused-ring (bicyclic) bond motifs is 2. The minimum Gasteiger partial charge on any atom is -0.399 e. The zero-order chi connectivity index (χ0) is 20.8. The molecule has 4 rings (SSSR count). The van der Waals surface area contributed by atoms with Crippen LogP contribution in [0.5, 0.6) is 0 Å². The van der Waals surface area contributed by atoms with Crippen LogP contribution < -0.4 is 5.73 Å². The molecule has 0 fully saturated rings. The first-order valence-electron chi connectivity index (χ1n) is 9.39. The molecular formula is C21H26BF2N3O. The van der Waals surface area contributed by atoms with Crippen LogP contribution in [0.4, 0.5) is 14.3 Å². The molecule has 1 aromatic carbocycles. The van der Waals surface area contributed by atoms with Gasteiger partial charge in [0.1, 0.15) is 5.71 Å². The van der Waals surface area contributed by atoms with E-state index in [-0.39, 0.29) is 6.61 Å². The average Bonchev–Trinajstić information content (AvgIpc) is 3.07. The second-order valence-corrected chi connectivity index (χ2v) is 7.28. The predicted octanol–water partition coefficient (Wildman–Crippen LogP) is 4.11. The van der Waals surface area contributed by atoms with Crippen LogP contribution in [0.15, 0.2) is 47.7 Å². The molecule has 0 bridgehead atoms. The van der Waals surface area contributed by atoms with Gasteiger partial charge in [-0.2, -0.15) is 0 Å².